The highest BCUT2D eigenvalue weighted by Crippen LogP contribution is 2.33. The molecular formula is C17H22FN3O4S. The molecule has 142 valence electrons. The highest BCUT2D eigenvalue weighted by atomic mass is 32.2. The smallest absolute Gasteiger partial charge is 0.415 e. The van der Waals surface area contributed by atoms with Crippen molar-refractivity contribution >= 4 is 27.4 Å². The number of likely N-dealkylation sites (N-methyl/N-ethyl adjacent to an activating group) is 1. The van der Waals surface area contributed by atoms with Crippen LogP contribution in [-0.2, 0) is 19.3 Å². The van der Waals surface area contributed by atoms with Crippen LogP contribution in [0.25, 0.3) is 0 Å². The molecule has 26 heavy (non-hydrogen) atoms. The van der Waals surface area contributed by atoms with Gasteiger partial charge in [-0.3, -0.25) is 9.69 Å². The highest BCUT2D eigenvalue weighted by Gasteiger charge is 2.37. The fourth-order valence-corrected chi connectivity index (χ4v) is 5.25. The van der Waals surface area contributed by atoms with Gasteiger partial charge in [0.25, 0.3) is 5.91 Å². The number of halogens is 1. The van der Waals surface area contributed by atoms with E-state index in [4.69, 9.17) is 4.74 Å². The van der Waals surface area contributed by atoms with E-state index < -0.39 is 33.7 Å². The Balaban J connectivity index is 1.75. The second kappa shape index (κ2) is 7.22. The first-order valence-electron chi connectivity index (χ1n) is 8.46. The van der Waals surface area contributed by atoms with E-state index in [2.05, 4.69) is 9.68 Å². The van der Waals surface area contributed by atoms with Crippen LogP contribution in [0.2, 0.25) is 0 Å². The average Bonchev–Trinajstić information content (AvgIpc) is 3.04. The lowest BCUT2D eigenvalue weighted by molar-refractivity contribution is -0.127. The normalized spacial score (nSPS) is 28.6. The molecule has 2 aliphatic rings. The number of hydrogen-bond acceptors (Lipinski definition) is 5. The summed E-state index contributed by atoms with van der Waals surface area (Å²) in [6.07, 6.45) is -0.333. The molecule has 0 bridgehead atoms. The molecule has 2 fully saturated rings. The molecule has 2 saturated heterocycles. The van der Waals surface area contributed by atoms with E-state index >= 15 is 0 Å². The van der Waals surface area contributed by atoms with Crippen molar-refractivity contribution in [2.24, 2.45) is 4.36 Å². The molecule has 0 unspecified atom stereocenters. The molecule has 1 atom stereocenters. The van der Waals surface area contributed by atoms with Crippen molar-refractivity contribution in [3.8, 4) is 0 Å². The third-order valence-corrected chi connectivity index (χ3v) is 7.40. The van der Waals surface area contributed by atoms with Crippen LogP contribution in [0.15, 0.2) is 22.6 Å². The third-order valence-electron chi connectivity index (χ3n) is 4.99. The fraction of sp³-hybridized carbons (Fsp3) is 0.529. The third kappa shape index (κ3) is 3.53. The van der Waals surface area contributed by atoms with Gasteiger partial charge in [-0.25, -0.2) is 17.8 Å². The Morgan fingerprint density at radius 1 is 1.38 bits per heavy atom. The number of cyclic esters (lactones) is 1. The average molecular weight is 383 g/mol. The van der Waals surface area contributed by atoms with Gasteiger partial charge in [-0.15, -0.1) is 0 Å². The quantitative estimate of drug-likeness (QED) is 0.863. The molecule has 0 aromatic heterocycles. The molecule has 1 aromatic carbocycles. The number of anilines is 1. The summed E-state index contributed by atoms with van der Waals surface area (Å²) >= 11 is 0. The number of nitrogens with zero attached hydrogens (tertiary/aromatic N) is 2. The zero-order valence-corrected chi connectivity index (χ0v) is 15.6. The minimum absolute atomic E-state index is 0.00970. The number of nitrogens with one attached hydrogen (secondary N) is 1. The molecule has 0 radical (unpaired) electrons. The minimum atomic E-state index is -2.13. The number of rotatable bonds is 3. The molecule has 2 heterocycles. The number of benzene rings is 1. The molecule has 9 heteroatoms. The summed E-state index contributed by atoms with van der Waals surface area (Å²) in [4.78, 5) is 24.8. The van der Waals surface area contributed by atoms with Crippen LogP contribution in [0.3, 0.4) is 0 Å². The predicted molar refractivity (Wildman–Crippen MR) is 96.3 cm³/mol. The zero-order valence-electron chi connectivity index (χ0n) is 14.7. The van der Waals surface area contributed by atoms with Gasteiger partial charge in [0.05, 0.1) is 12.2 Å². The van der Waals surface area contributed by atoms with Gasteiger partial charge in [-0.1, -0.05) is 6.07 Å². The molecular weight excluding hydrogens is 361 g/mol. The van der Waals surface area contributed by atoms with Crippen molar-refractivity contribution in [2.75, 3.05) is 37.0 Å². The van der Waals surface area contributed by atoms with Crippen molar-refractivity contribution < 1.29 is 22.9 Å². The van der Waals surface area contributed by atoms with Gasteiger partial charge < -0.3 is 10.1 Å². The van der Waals surface area contributed by atoms with Crippen molar-refractivity contribution in [1.29, 1.82) is 0 Å². The lowest BCUT2D eigenvalue weighted by Gasteiger charge is -2.25. The predicted octanol–water partition coefficient (Wildman–Crippen LogP) is 1.87. The van der Waals surface area contributed by atoms with E-state index in [1.807, 2.05) is 0 Å². The summed E-state index contributed by atoms with van der Waals surface area (Å²) in [6.45, 7) is 0.0424. The Kier molecular flexibility index (Phi) is 5.17. The largest absolute Gasteiger partial charge is 0.434 e. The molecule has 0 spiro atoms. The van der Waals surface area contributed by atoms with Gasteiger partial charge in [-0.2, -0.15) is 0 Å². The maximum Gasteiger partial charge on any atom is 0.415 e. The first-order chi connectivity index (χ1) is 12.4. The molecule has 2 aliphatic heterocycles. The second-order valence-corrected chi connectivity index (χ2v) is 9.17. The van der Waals surface area contributed by atoms with Crippen LogP contribution in [0.4, 0.5) is 14.9 Å². The lowest BCUT2D eigenvalue weighted by atomic mass is 9.93. The summed E-state index contributed by atoms with van der Waals surface area (Å²) in [6, 6.07) is 4.60. The molecule has 0 saturated carbocycles. The van der Waals surface area contributed by atoms with Crippen LogP contribution < -0.4 is 10.2 Å². The standard InChI is InChI=1S/C17H22FN3O4S/c1-19-16(22)15-10-21(17(23)25-15)12-3-4-13(14(18)9-12)11-5-7-26(24,20-2)8-6-11/h3-4,9,11,15H,5-8,10H2,1-2H3,(H,19,22)/t11?,15-,26?/m1/s1. The molecule has 1 aromatic rings. The van der Waals surface area contributed by atoms with Gasteiger partial charge in [0.1, 0.15) is 5.82 Å². The Morgan fingerprint density at radius 2 is 2.08 bits per heavy atom. The molecule has 0 aliphatic carbocycles. The van der Waals surface area contributed by atoms with Crippen LogP contribution in [-0.4, -0.2) is 54.5 Å². The van der Waals surface area contributed by atoms with Crippen LogP contribution in [0.1, 0.15) is 24.3 Å². The minimum Gasteiger partial charge on any atom is -0.434 e. The van der Waals surface area contributed by atoms with Crippen molar-refractivity contribution in [1.82, 2.24) is 5.32 Å². The van der Waals surface area contributed by atoms with Crippen LogP contribution in [0.5, 0.6) is 0 Å². The molecule has 1 N–H and O–H groups in total. The Hall–Kier alpha value is -2.16. The zero-order chi connectivity index (χ0) is 18.9. The number of carbonyl (C=O) groups excluding carboxylic acids is 2. The second-order valence-electron chi connectivity index (χ2n) is 6.44. The van der Waals surface area contributed by atoms with Crippen molar-refractivity contribution in [2.45, 2.75) is 24.9 Å². The Morgan fingerprint density at radius 3 is 2.65 bits per heavy atom. The fourth-order valence-electron chi connectivity index (χ4n) is 3.38. The Labute approximate surface area is 152 Å². The maximum atomic E-state index is 14.7. The van der Waals surface area contributed by atoms with Gasteiger partial charge in [0, 0.05) is 35.3 Å². The number of hydrogen-bond donors (Lipinski definition) is 1. The highest BCUT2D eigenvalue weighted by molar-refractivity contribution is 7.93. The molecule has 7 nitrogen and oxygen atoms in total. The van der Waals surface area contributed by atoms with E-state index in [1.165, 1.54) is 18.0 Å². The van der Waals surface area contributed by atoms with E-state index in [-0.39, 0.29) is 12.5 Å². The van der Waals surface area contributed by atoms with Gasteiger partial charge in [-0.05, 0) is 36.5 Å². The first-order valence-corrected chi connectivity index (χ1v) is 10.3. The van der Waals surface area contributed by atoms with Gasteiger partial charge in [0.2, 0.25) is 0 Å². The SMILES string of the molecule is CN=S1(=O)CCC(c2ccc(N3C[C@H](C(=O)NC)OC3=O)cc2F)CC1. The van der Waals surface area contributed by atoms with Crippen molar-refractivity contribution in [3.05, 3.63) is 29.6 Å². The van der Waals surface area contributed by atoms with Crippen molar-refractivity contribution in [3.63, 3.8) is 0 Å². The Bertz CT molecular complexity index is 836. The summed E-state index contributed by atoms with van der Waals surface area (Å²) in [5.41, 5.74) is 0.910. The summed E-state index contributed by atoms with van der Waals surface area (Å²) in [7, 11) is 0.897. The summed E-state index contributed by atoms with van der Waals surface area (Å²) < 4.78 is 35.9. The molecule has 2 amide bonds. The van der Waals surface area contributed by atoms with E-state index in [9.17, 15) is 18.2 Å². The van der Waals surface area contributed by atoms with Gasteiger partial charge >= 0.3 is 6.09 Å². The first kappa shape index (κ1) is 18.6. The number of amides is 2. The van der Waals surface area contributed by atoms with Crippen LogP contribution >= 0.6 is 0 Å². The lowest BCUT2D eigenvalue weighted by Crippen LogP contribution is -2.35. The maximum absolute atomic E-state index is 14.7. The monoisotopic (exact) mass is 383 g/mol. The van der Waals surface area contributed by atoms with Gasteiger partial charge in [0.15, 0.2) is 6.10 Å². The number of ether oxygens (including phenoxy) is 1. The van der Waals surface area contributed by atoms with E-state index in [1.54, 1.807) is 19.2 Å². The van der Waals surface area contributed by atoms with E-state index in [0.29, 0.717) is 35.6 Å². The topological polar surface area (TPSA) is 88.1 Å². The summed E-state index contributed by atoms with van der Waals surface area (Å²) in [5, 5.41) is 2.43. The van der Waals surface area contributed by atoms with E-state index in [0.717, 1.165) is 0 Å². The molecule has 3 rings (SSSR count). The number of carbonyl (C=O) groups is 2. The van der Waals surface area contributed by atoms with Crippen LogP contribution in [0, 0.1) is 5.82 Å². The summed E-state index contributed by atoms with van der Waals surface area (Å²) in [5.74, 6) is 0.128.